The first kappa shape index (κ1) is 15.7. The third-order valence-corrected chi connectivity index (χ3v) is 4.27. The topological polar surface area (TPSA) is 83.2 Å². The third kappa shape index (κ3) is 3.66. The minimum Gasteiger partial charge on any atom is -0.424 e. The van der Waals surface area contributed by atoms with Crippen molar-refractivity contribution < 1.29 is 14.0 Å². The lowest BCUT2D eigenvalue weighted by Crippen LogP contribution is -2.12. The number of rotatable bonds is 7. The molecule has 1 aromatic carbocycles. The number of hydrogen-bond donors (Lipinski definition) is 0. The van der Waals surface area contributed by atoms with Crippen molar-refractivity contribution in [2.24, 2.45) is 5.41 Å². The van der Waals surface area contributed by atoms with Crippen LogP contribution in [0.5, 0.6) is 11.8 Å². The zero-order chi connectivity index (χ0) is 17.1. The van der Waals surface area contributed by atoms with Crippen molar-refractivity contribution in [3.63, 3.8) is 0 Å². The lowest BCUT2D eigenvalue weighted by atomic mass is 10.0. The van der Waals surface area contributed by atoms with E-state index in [1.54, 1.807) is 25.6 Å². The second-order valence-electron chi connectivity index (χ2n) is 6.28. The van der Waals surface area contributed by atoms with Crippen LogP contribution in [0.1, 0.15) is 18.7 Å². The second-order valence-corrected chi connectivity index (χ2v) is 6.28. The van der Waals surface area contributed by atoms with Gasteiger partial charge in [0.15, 0.2) is 0 Å². The number of aromatic nitrogens is 4. The summed E-state index contributed by atoms with van der Waals surface area (Å²) in [6.07, 6.45) is 6.32. The number of methoxy groups -OCH3 is 1. The van der Waals surface area contributed by atoms with Gasteiger partial charge in [-0.25, -0.2) is 9.97 Å². The largest absolute Gasteiger partial charge is 0.424 e. The van der Waals surface area contributed by atoms with Crippen molar-refractivity contribution in [2.45, 2.75) is 19.3 Å². The Bertz CT molecular complexity index is 829. The minimum atomic E-state index is 0.186. The molecule has 0 bridgehead atoms. The molecule has 1 aliphatic rings. The van der Waals surface area contributed by atoms with Crippen LogP contribution in [0.15, 0.2) is 47.2 Å². The Morgan fingerprint density at radius 3 is 2.56 bits per heavy atom. The highest BCUT2D eigenvalue weighted by atomic mass is 16.5. The van der Waals surface area contributed by atoms with Crippen LogP contribution in [0, 0.1) is 5.41 Å². The first-order chi connectivity index (χ1) is 12.3. The van der Waals surface area contributed by atoms with E-state index in [0.29, 0.717) is 23.5 Å². The Morgan fingerprint density at radius 1 is 1.12 bits per heavy atom. The number of ether oxygens (including phenoxy) is 2. The molecule has 0 N–H and O–H groups in total. The number of hydrogen-bond acceptors (Lipinski definition) is 7. The van der Waals surface area contributed by atoms with E-state index in [4.69, 9.17) is 14.0 Å². The summed E-state index contributed by atoms with van der Waals surface area (Å²) in [5, 5.41) is 4.08. The van der Waals surface area contributed by atoms with Crippen LogP contribution < -0.4 is 4.74 Å². The van der Waals surface area contributed by atoms with Gasteiger partial charge in [0.2, 0.25) is 11.7 Å². The molecule has 0 aliphatic heterocycles. The zero-order valence-electron chi connectivity index (χ0n) is 13.9. The molecule has 25 heavy (non-hydrogen) atoms. The van der Waals surface area contributed by atoms with Crippen LogP contribution in [0.25, 0.3) is 11.4 Å². The SMILES string of the molecule is COCC1(Cc2nc(-c3ccc(Oc4ncccn4)cc3)no2)CC1. The first-order valence-electron chi connectivity index (χ1n) is 8.13. The van der Waals surface area contributed by atoms with Crippen molar-refractivity contribution in [1.82, 2.24) is 20.1 Å². The Labute approximate surface area is 145 Å². The minimum absolute atomic E-state index is 0.186. The summed E-state index contributed by atoms with van der Waals surface area (Å²) < 4.78 is 16.3. The molecule has 0 atom stereocenters. The normalized spacial score (nSPS) is 15.1. The lowest BCUT2D eigenvalue weighted by Gasteiger charge is -2.09. The zero-order valence-corrected chi connectivity index (χ0v) is 13.9. The molecule has 128 valence electrons. The van der Waals surface area contributed by atoms with Gasteiger partial charge in [-0.05, 0) is 43.2 Å². The van der Waals surface area contributed by atoms with E-state index < -0.39 is 0 Å². The quantitative estimate of drug-likeness (QED) is 0.653. The predicted octanol–water partition coefficient (Wildman–Crippen LogP) is 3.29. The van der Waals surface area contributed by atoms with Crippen molar-refractivity contribution in [2.75, 3.05) is 13.7 Å². The van der Waals surface area contributed by atoms with Gasteiger partial charge < -0.3 is 14.0 Å². The van der Waals surface area contributed by atoms with Crippen LogP contribution in [-0.2, 0) is 11.2 Å². The fourth-order valence-corrected chi connectivity index (χ4v) is 2.74. The highest BCUT2D eigenvalue weighted by Gasteiger charge is 2.44. The average molecular weight is 338 g/mol. The van der Waals surface area contributed by atoms with E-state index in [-0.39, 0.29) is 5.41 Å². The summed E-state index contributed by atoms with van der Waals surface area (Å²) in [5.41, 5.74) is 1.05. The first-order valence-corrected chi connectivity index (χ1v) is 8.13. The van der Waals surface area contributed by atoms with Gasteiger partial charge in [0.25, 0.3) is 0 Å². The molecule has 0 unspecified atom stereocenters. The molecule has 7 nitrogen and oxygen atoms in total. The summed E-state index contributed by atoms with van der Waals surface area (Å²) in [4.78, 5) is 12.6. The van der Waals surface area contributed by atoms with Crippen LogP contribution >= 0.6 is 0 Å². The molecular formula is C18H18N4O3. The Hall–Kier alpha value is -2.80. The molecule has 1 aliphatic carbocycles. The van der Waals surface area contributed by atoms with Crippen molar-refractivity contribution in [3.8, 4) is 23.1 Å². The van der Waals surface area contributed by atoms with Crippen molar-refractivity contribution in [3.05, 3.63) is 48.6 Å². The molecular weight excluding hydrogens is 320 g/mol. The van der Waals surface area contributed by atoms with Gasteiger partial charge >= 0.3 is 6.01 Å². The molecule has 0 spiro atoms. The van der Waals surface area contributed by atoms with Gasteiger partial charge in [0, 0.05) is 36.9 Å². The highest BCUT2D eigenvalue weighted by Crippen LogP contribution is 2.48. The molecule has 0 saturated heterocycles. The maximum Gasteiger partial charge on any atom is 0.321 e. The van der Waals surface area contributed by atoms with Gasteiger partial charge in [-0.1, -0.05) is 5.16 Å². The van der Waals surface area contributed by atoms with E-state index in [2.05, 4.69) is 20.1 Å². The van der Waals surface area contributed by atoms with E-state index in [1.165, 1.54) is 0 Å². The van der Waals surface area contributed by atoms with E-state index >= 15 is 0 Å². The van der Waals surface area contributed by atoms with E-state index in [0.717, 1.165) is 31.4 Å². The molecule has 0 amide bonds. The molecule has 0 radical (unpaired) electrons. The maximum atomic E-state index is 5.58. The summed E-state index contributed by atoms with van der Waals surface area (Å²) >= 11 is 0. The monoisotopic (exact) mass is 338 g/mol. The highest BCUT2D eigenvalue weighted by molar-refractivity contribution is 5.55. The van der Waals surface area contributed by atoms with E-state index in [9.17, 15) is 0 Å². The summed E-state index contributed by atoms with van der Waals surface area (Å²) in [7, 11) is 1.73. The summed E-state index contributed by atoms with van der Waals surface area (Å²) in [5.74, 6) is 1.88. The van der Waals surface area contributed by atoms with Gasteiger partial charge in [0.05, 0.1) is 6.61 Å². The van der Waals surface area contributed by atoms with Crippen molar-refractivity contribution in [1.29, 1.82) is 0 Å². The molecule has 3 aromatic rings. The number of benzene rings is 1. The summed E-state index contributed by atoms with van der Waals surface area (Å²) in [6, 6.07) is 9.47. The molecule has 2 aromatic heterocycles. The van der Waals surface area contributed by atoms with Crippen molar-refractivity contribution >= 4 is 0 Å². The average Bonchev–Trinajstić information content (AvgIpc) is 3.23. The summed E-state index contributed by atoms with van der Waals surface area (Å²) in [6.45, 7) is 0.734. The second kappa shape index (κ2) is 6.60. The Balaban J connectivity index is 1.44. The van der Waals surface area contributed by atoms with Gasteiger partial charge in [-0.3, -0.25) is 0 Å². The van der Waals surface area contributed by atoms with Crippen LogP contribution in [0.4, 0.5) is 0 Å². The van der Waals surface area contributed by atoms with Crippen LogP contribution in [0.2, 0.25) is 0 Å². The van der Waals surface area contributed by atoms with Crippen LogP contribution in [-0.4, -0.2) is 33.8 Å². The molecule has 1 fully saturated rings. The molecule has 1 saturated carbocycles. The smallest absolute Gasteiger partial charge is 0.321 e. The standard InChI is InChI=1S/C18H18N4O3/c1-23-12-18(7-8-18)11-15-21-16(22-25-15)13-3-5-14(6-4-13)24-17-19-9-2-10-20-17/h2-6,9-10H,7-8,11-12H2,1H3. The third-order valence-electron chi connectivity index (χ3n) is 4.27. The van der Waals surface area contributed by atoms with Crippen LogP contribution in [0.3, 0.4) is 0 Å². The Morgan fingerprint density at radius 2 is 1.88 bits per heavy atom. The molecule has 7 heteroatoms. The fourth-order valence-electron chi connectivity index (χ4n) is 2.74. The molecule has 2 heterocycles. The fraction of sp³-hybridized carbons (Fsp3) is 0.333. The lowest BCUT2D eigenvalue weighted by molar-refractivity contribution is 0.135. The number of nitrogens with zero attached hydrogens (tertiary/aromatic N) is 4. The van der Waals surface area contributed by atoms with Gasteiger partial charge in [0.1, 0.15) is 5.75 Å². The van der Waals surface area contributed by atoms with Gasteiger partial charge in [-0.15, -0.1) is 0 Å². The van der Waals surface area contributed by atoms with E-state index in [1.807, 2.05) is 24.3 Å². The Kier molecular flexibility index (Phi) is 4.15. The predicted molar refractivity (Wildman–Crippen MR) is 89.1 cm³/mol. The van der Waals surface area contributed by atoms with Gasteiger partial charge in [-0.2, -0.15) is 4.98 Å². The maximum absolute atomic E-state index is 5.58. The molecule has 4 rings (SSSR count).